The van der Waals surface area contributed by atoms with Crippen molar-refractivity contribution in [1.29, 1.82) is 0 Å². The van der Waals surface area contributed by atoms with E-state index in [9.17, 15) is 4.79 Å². The highest BCUT2D eigenvalue weighted by Crippen LogP contribution is 2.15. The van der Waals surface area contributed by atoms with Gasteiger partial charge in [-0.1, -0.05) is 10.3 Å². The van der Waals surface area contributed by atoms with Crippen molar-refractivity contribution in [3.05, 3.63) is 35.7 Å². The molecule has 3 aromatic heterocycles. The summed E-state index contributed by atoms with van der Waals surface area (Å²) in [4.78, 5) is 16.1. The lowest BCUT2D eigenvalue weighted by Gasteiger charge is -1.98. The van der Waals surface area contributed by atoms with Crippen molar-refractivity contribution in [3.63, 3.8) is 0 Å². The number of rotatable bonds is 5. The zero-order valence-corrected chi connectivity index (χ0v) is 12.1. The minimum Gasteiger partial charge on any atom is -0.361 e. The molecule has 3 heterocycles. The topological polar surface area (TPSA) is 112 Å². The number of carbonyl (C=O) groups is 1. The first-order valence-corrected chi connectivity index (χ1v) is 6.73. The Balaban J connectivity index is 1.62. The van der Waals surface area contributed by atoms with Gasteiger partial charge in [0.2, 0.25) is 11.7 Å². The second-order valence-electron chi connectivity index (χ2n) is 4.57. The molecule has 0 bridgehead atoms. The second kappa shape index (κ2) is 5.80. The molecule has 0 aliphatic heterocycles. The maximum absolute atomic E-state index is 11.9. The summed E-state index contributed by atoms with van der Waals surface area (Å²) in [5.41, 5.74) is 0.828. The Morgan fingerprint density at radius 2 is 2.23 bits per heavy atom. The third kappa shape index (κ3) is 2.87. The first-order chi connectivity index (χ1) is 10.7. The van der Waals surface area contributed by atoms with E-state index in [-0.39, 0.29) is 18.3 Å². The van der Waals surface area contributed by atoms with Crippen LogP contribution >= 0.6 is 0 Å². The molecule has 114 valence electrons. The number of nitrogens with zero attached hydrogens (tertiary/aromatic N) is 5. The maximum Gasteiger partial charge on any atom is 0.272 e. The van der Waals surface area contributed by atoms with E-state index in [1.54, 1.807) is 29.9 Å². The highest BCUT2D eigenvalue weighted by Gasteiger charge is 2.14. The van der Waals surface area contributed by atoms with Crippen molar-refractivity contribution in [3.8, 4) is 11.5 Å². The molecule has 0 spiro atoms. The predicted molar refractivity (Wildman–Crippen MR) is 73.6 cm³/mol. The average molecular weight is 302 g/mol. The van der Waals surface area contributed by atoms with Crippen LogP contribution in [-0.2, 0) is 13.1 Å². The van der Waals surface area contributed by atoms with Gasteiger partial charge in [0.15, 0.2) is 5.69 Å². The summed E-state index contributed by atoms with van der Waals surface area (Å²) >= 11 is 0. The van der Waals surface area contributed by atoms with Crippen molar-refractivity contribution in [1.82, 2.24) is 30.4 Å². The van der Waals surface area contributed by atoms with Crippen LogP contribution in [-0.4, -0.2) is 31.0 Å². The van der Waals surface area contributed by atoms with E-state index in [1.807, 2.05) is 6.92 Å². The molecule has 0 saturated carbocycles. The van der Waals surface area contributed by atoms with Gasteiger partial charge in [0, 0.05) is 18.8 Å². The molecule has 1 N–H and O–H groups in total. The standard InChI is InChI=1S/C13H14N6O3/c1-3-19-5-4-9(16-19)13(20)14-7-11-15-12(18-22-11)10-6-8(2)21-17-10/h4-6H,3,7H2,1-2H3,(H,14,20). The number of aromatic nitrogens is 5. The summed E-state index contributed by atoms with van der Waals surface area (Å²) in [5.74, 6) is 0.945. The molecular weight excluding hydrogens is 288 g/mol. The molecular formula is C13H14N6O3. The van der Waals surface area contributed by atoms with Gasteiger partial charge in [0.1, 0.15) is 11.5 Å². The number of nitrogens with one attached hydrogen (secondary N) is 1. The Morgan fingerprint density at radius 3 is 2.91 bits per heavy atom. The van der Waals surface area contributed by atoms with E-state index in [2.05, 4.69) is 25.7 Å². The molecule has 3 aromatic rings. The summed E-state index contributed by atoms with van der Waals surface area (Å²) in [5, 5.41) is 14.4. The zero-order valence-electron chi connectivity index (χ0n) is 12.1. The van der Waals surface area contributed by atoms with E-state index in [4.69, 9.17) is 9.05 Å². The van der Waals surface area contributed by atoms with Crippen molar-refractivity contribution in [2.24, 2.45) is 0 Å². The van der Waals surface area contributed by atoms with E-state index >= 15 is 0 Å². The van der Waals surface area contributed by atoms with Gasteiger partial charge in [0.25, 0.3) is 5.91 Å². The van der Waals surface area contributed by atoms with Gasteiger partial charge >= 0.3 is 0 Å². The monoisotopic (exact) mass is 302 g/mol. The van der Waals surface area contributed by atoms with Gasteiger partial charge in [-0.15, -0.1) is 0 Å². The lowest BCUT2D eigenvalue weighted by molar-refractivity contribution is 0.0940. The summed E-state index contributed by atoms with van der Waals surface area (Å²) in [6.07, 6.45) is 1.74. The number of aryl methyl sites for hydroxylation is 2. The molecule has 0 unspecified atom stereocenters. The highest BCUT2D eigenvalue weighted by atomic mass is 16.5. The lowest BCUT2D eigenvalue weighted by Crippen LogP contribution is -2.23. The Kier molecular flexibility index (Phi) is 3.69. The molecule has 3 rings (SSSR count). The molecule has 0 aliphatic carbocycles. The maximum atomic E-state index is 11.9. The Hall–Kier alpha value is -2.97. The average Bonchev–Trinajstić information content (AvgIpc) is 3.24. The predicted octanol–water partition coefficient (Wildman–Crippen LogP) is 1.18. The van der Waals surface area contributed by atoms with Gasteiger partial charge in [-0.2, -0.15) is 10.1 Å². The fraction of sp³-hybridized carbons (Fsp3) is 0.308. The summed E-state index contributed by atoms with van der Waals surface area (Å²) in [6.45, 7) is 4.53. The van der Waals surface area contributed by atoms with Gasteiger partial charge in [0.05, 0.1) is 6.54 Å². The minimum atomic E-state index is -0.302. The van der Waals surface area contributed by atoms with E-state index in [0.29, 0.717) is 29.5 Å². The SMILES string of the molecule is CCn1ccc(C(=O)NCc2nc(-c3cc(C)on3)no2)n1. The van der Waals surface area contributed by atoms with Crippen molar-refractivity contribution >= 4 is 5.91 Å². The summed E-state index contributed by atoms with van der Waals surface area (Å²) in [6, 6.07) is 3.35. The quantitative estimate of drug-likeness (QED) is 0.753. The van der Waals surface area contributed by atoms with Crippen LogP contribution < -0.4 is 5.32 Å². The number of hydrogen-bond donors (Lipinski definition) is 1. The number of carbonyl (C=O) groups excluding carboxylic acids is 1. The third-order valence-corrected chi connectivity index (χ3v) is 2.92. The molecule has 9 nitrogen and oxygen atoms in total. The number of amides is 1. The Bertz CT molecular complexity index is 787. The molecule has 0 aliphatic rings. The van der Waals surface area contributed by atoms with Gasteiger partial charge in [-0.3, -0.25) is 9.48 Å². The van der Waals surface area contributed by atoms with E-state index < -0.39 is 0 Å². The van der Waals surface area contributed by atoms with Crippen LogP contribution in [0.1, 0.15) is 29.1 Å². The van der Waals surface area contributed by atoms with Gasteiger partial charge < -0.3 is 14.4 Å². The molecule has 1 amide bonds. The van der Waals surface area contributed by atoms with E-state index in [1.165, 1.54) is 0 Å². The Labute approximate surface area is 125 Å². The van der Waals surface area contributed by atoms with Crippen LogP contribution in [0.15, 0.2) is 27.4 Å². The molecule has 0 fully saturated rings. The van der Waals surface area contributed by atoms with Gasteiger partial charge in [-0.05, 0) is 19.9 Å². The van der Waals surface area contributed by atoms with Gasteiger partial charge in [-0.25, -0.2) is 0 Å². The van der Waals surface area contributed by atoms with Crippen LogP contribution in [0.4, 0.5) is 0 Å². The van der Waals surface area contributed by atoms with E-state index in [0.717, 1.165) is 0 Å². The van der Waals surface area contributed by atoms with Crippen molar-refractivity contribution in [2.45, 2.75) is 26.9 Å². The van der Waals surface area contributed by atoms with Crippen LogP contribution in [0.3, 0.4) is 0 Å². The molecule has 9 heteroatoms. The molecule has 0 aromatic carbocycles. The van der Waals surface area contributed by atoms with Crippen LogP contribution in [0.2, 0.25) is 0 Å². The number of hydrogen-bond acceptors (Lipinski definition) is 7. The molecule has 0 radical (unpaired) electrons. The van der Waals surface area contributed by atoms with Crippen LogP contribution in [0.5, 0.6) is 0 Å². The first-order valence-electron chi connectivity index (χ1n) is 6.73. The third-order valence-electron chi connectivity index (χ3n) is 2.92. The smallest absolute Gasteiger partial charge is 0.272 e. The van der Waals surface area contributed by atoms with Crippen molar-refractivity contribution < 1.29 is 13.8 Å². The highest BCUT2D eigenvalue weighted by molar-refractivity contribution is 5.91. The summed E-state index contributed by atoms with van der Waals surface area (Å²) in [7, 11) is 0. The largest absolute Gasteiger partial charge is 0.361 e. The zero-order chi connectivity index (χ0) is 15.5. The molecule has 22 heavy (non-hydrogen) atoms. The fourth-order valence-electron chi connectivity index (χ4n) is 1.81. The van der Waals surface area contributed by atoms with Crippen LogP contribution in [0.25, 0.3) is 11.5 Å². The first kappa shape index (κ1) is 14.0. The molecule has 0 atom stereocenters. The van der Waals surface area contributed by atoms with Crippen molar-refractivity contribution in [2.75, 3.05) is 0 Å². The normalized spacial score (nSPS) is 10.8. The van der Waals surface area contributed by atoms with Crippen LogP contribution in [0, 0.1) is 6.92 Å². The minimum absolute atomic E-state index is 0.113. The second-order valence-corrected chi connectivity index (χ2v) is 4.57. The molecule has 0 saturated heterocycles. The fourth-order valence-corrected chi connectivity index (χ4v) is 1.81. The lowest BCUT2D eigenvalue weighted by atomic mass is 10.4. The summed E-state index contributed by atoms with van der Waals surface area (Å²) < 4.78 is 11.7. The Morgan fingerprint density at radius 1 is 1.36 bits per heavy atom.